The molecule has 2 atom stereocenters. The summed E-state index contributed by atoms with van der Waals surface area (Å²) in [6, 6.07) is 19.6. The van der Waals surface area contributed by atoms with Gasteiger partial charge in [0.1, 0.15) is 0 Å². The average Bonchev–Trinajstić information content (AvgIpc) is 2.46. The fraction of sp³-hybridized carbons (Fsp3) is 0.333. The zero-order valence-electron chi connectivity index (χ0n) is 11.7. The van der Waals surface area contributed by atoms with Crippen molar-refractivity contribution in [2.75, 3.05) is 11.4 Å². The average molecular weight is 251 g/mol. The standard InChI is InChI=1S/C18H21N/c1-14-12-19(13-16-8-4-3-5-9-16)18-11-7-6-10-17(18)15(14)2/h3-11,14-15H,12-13H2,1-2H3/t14-,15+/m1/s1. The molecule has 1 heterocycles. The lowest BCUT2D eigenvalue weighted by molar-refractivity contribution is 0.454. The van der Waals surface area contributed by atoms with Gasteiger partial charge < -0.3 is 4.90 Å². The molecule has 2 aromatic rings. The van der Waals surface area contributed by atoms with Crippen LogP contribution in [-0.2, 0) is 6.54 Å². The van der Waals surface area contributed by atoms with E-state index in [1.54, 1.807) is 0 Å². The molecule has 0 amide bonds. The second-order valence-corrected chi connectivity index (χ2v) is 5.69. The van der Waals surface area contributed by atoms with E-state index in [1.165, 1.54) is 16.8 Å². The Labute approximate surface area is 115 Å². The van der Waals surface area contributed by atoms with Crippen molar-refractivity contribution in [2.45, 2.75) is 26.3 Å². The number of benzene rings is 2. The lowest BCUT2D eigenvalue weighted by atomic mass is 9.83. The molecule has 0 saturated carbocycles. The first-order chi connectivity index (χ1) is 9.25. The van der Waals surface area contributed by atoms with E-state index in [4.69, 9.17) is 0 Å². The Morgan fingerprint density at radius 2 is 1.63 bits per heavy atom. The van der Waals surface area contributed by atoms with Crippen molar-refractivity contribution in [2.24, 2.45) is 5.92 Å². The summed E-state index contributed by atoms with van der Waals surface area (Å²) in [7, 11) is 0. The number of anilines is 1. The van der Waals surface area contributed by atoms with Crippen LogP contribution >= 0.6 is 0 Å². The molecule has 0 bridgehead atoms. The van der Waals surface area contributed by atoms with Crippen LogP contribution in [0.1, 0.15) is 30.9 Å². The fourth-order valence-corrected chi connectivity index (χ4v) is 3.02. The highest BCUT2D eigenvalue weighted by atomic mass is 15.1. The first kappa shape index (κ1) is 12.3. The summed E-state index contributed by atoms with van der Waals surface area (Å²) in [5.74, 6) is 1.36. The van der Waals surface area contributed by atoms with Gasteiger partial charge in [-0.1, -0.05) is 62.4 Å². The van der Waals surface area contributed by atoms with Crippen molar-refractivity contribution < 1.29 is 0 Å². The summed E-state index contributed by atoms with van der Waals surface area (Å²) in [5, 5.41) is 0. The van der Waals surface area contributed by atoms with Crippen LogP contribution < -0.4 is 4.90 Å². The van der Waals surface area contributed by atoms with Crippen LogP contribution in [0, 0.1) is 5.92 Å². The molecule has 2 aromatic carbocycles. The van der Waals surface area contributed by atoms with E-state index in [0.717, 1.165) is 13.1 Å². The third-order valence-electron chi connectivity index (χ3n) is 4.35. The predicted octanol–water partition coefficient (Wildman–Crippen LogP) is 4.45. The van der Waals surface area contributed by atoms with Gasteiger partial charge in [0.25, 0.3) is 0 Å². The van der Waals surface area contributed by atoms with Crippen molar-refractivity contribution in [3.05, 3.63) is 65.7 Å². The molecular formula is C18H21N. The molecule has 0 unspecified atom stereocenters. The van der Waals surface area contributed by atoms with Crippen LogP contribution in [-0.4, -0.2) is 6.54 Å². The largest absolute Gasteiger partial charge is 0.367 e. The SMILES string of the molecule is C[C@@H]1CN(Cc2ccccc2)c2ccccc2[C@H]1C. The first-order valence-corrected chi connectivity index (χ1v) is 7.13. The van der Waals surface area contributed by atoms with Gasteiger partial charge in [0.2, 0.25) is 0 Å². The van der Waals surface area contributed by atoms with Crippen molar-refractivity contribution in [3.8, 4) is 0 Å². The Balaban J connectivity index is 1.92. The van der Waals surface area contributed by atoms with Crippen molar-refractivity contribution in [1.82, 2.24) is 0 Å². The van der Waals surface area contributed by atoms with Crippen LogP contribution in [0.4, 0.5) is 5.69 Å². The smallest absolute Gasteiger partial charge is 0.0429 e. The Hall–Kier alpha value is -1.76. The summed E-state index contributed by atoms with van der Waals surface area (Å²) in [5.41, 5.74) is 4.30. The molecule has 0 aliphatic carbocycles. The number of fused-ring (bicyclic) bond motifs is 1. The molecule has 0 aromatic heterocycles. The molecule has 1 nitrogen and oxygen atoms in total. The van der Waals surface area contributed by atoms with Gasteiger partial charge in [-0.25, -0.2) is 0 Å². The molecule has 1 aliphatic heterocycles. The maximum Gasteiger partial charge on any atom is 0.0429 e. The summed E-state index contributed by atoms with van der Waals surface area (Å²) in [4.78, 5) is 2.52. The normalized spacial score (nSPS) is 22.1. The zero-order valence-corrected chi connectivity index (χ0v) is 11.7. The van der Waals surface area contributed by atoms with E-state index >= 15 is 0 Å². The van der Waals surface area contributed by atoms with Crippen LogP contribution in [0.5, 0.6) is 0 Å². The molecule has 0 fully saturated rings. The maximum atomic E-state index is 2.52. The van der Waals surface area contributed by atoms with Crippen LogP contribution in [0.2, 0.25) is 0 Å². The molecule has 0 N–H and O–H groups in total. The molecule has 0 radical (unpaired) electrons. The van der Waals surface area contributed by atoms with Crippen molar-refractivity contribution in [1.29, 1.82) is 0 Å². The van der Waals surface area contributed by atoms with E-state index in [9.17, 15) is 0 Å². The second-order valence-electron chi connectivity index (χ2n) is 5.69. The number of nitrogens with zero attached hydrogens (tertiary/aromatic N) is 1. The van der Waals surface area contributed by atoms with E-state index in [1.807, 2.05) is 0 Å². The van der Waals surface area contributed by atoms with Crippen LogP contribution in [0.3, 0.4) is 0 Å². The minimum atomic E-state index is 0.656. The monoisotopic (exact) mass is 251 g/mol. The first-order valence-electron chi connectivity index (χ1n) is 7.13. The number of hydrogen-bond acceptors (Lipinski definition) is 1. The topological polar surface area (TPSA) is 3.24 Å². The van der Waals surface area contributed by atoms with Gasteiger partial charge in [0.05, 0.1) is 0 Å². The zero-order chi connectivity index (χ0) is 13.2. The van der Waals surface area contributed by atoms with E-state index < -0.39 is 0 Å². The Bertz CT molecular complexity index is 547. The molecule has 1 aliphatic rings. The number of rotatable bonds is 2. The van der Waals surface area contributed by atoms with E-state index in [-0.39, 0.29) is 0 Å². The molecule has 19 heavy (non-hydrogen) atoms. The van der Waals surface area contributed by atoms with Gasteiger partial charge >= 0.3 is 0 Å². The summed E-state index contributed by atoms with van der Waals surface area (Å²) < 4.78 is 0. The van der Waals surface area contributed by atoms with Gasteiger partial charge in [0, 0.05) is 18.8 Å². The molecule has 3 rings (SSSR count). The molecule has 1 heteroatoms. The molecule has 98 valence electrons. The second kappa shape index (κ2) is 5.08. The highest BCUT2D eigenvalue weighted by molar-refractivity contribution is 5.57. The maximum absolute atomic E-state index is 2.52. The summed E-state index contributed by atoms with van der Waals surface area (Å²) in [6.45, 7) is 6.87. The lowest BCUT2D eigenvalue weighted by Gasteiger charge is -2.38. The fourth-order valence-electron chi connectivity index (χ4n) is 3.02. The van der Waals surface area contributed by atoms with Gasteiger partial charge in [-0.3, -0.25) is 0 Å². The highest BCUT2D eigenvalue weighted by Gasteiger charge is 2.27. The van der Waals surface area contributed by atoms with E-state index in [2.05, 4.69) is 73.3 Å². The van der Waals surface area contributed by atoms with Gasteiger partial charge in [-0.15, -0.1) is 0 Å². The summed E-state index contributed by atoms with van der Waals surface area (Å²) in [6.07, 6.45) is 0. The molecular weight excluding hydrogens is 230 g/mol. The van der Waals surface area contributed by atoms with Gasteiger partial charge in [0.15, 0.2) is 0 Å². The van der Waals surface area contributed by atoms with Crippen molar-refractivity contribution in [3.63, 3.8) is 0 Å². The summed E-state index contributed by atoms with van der Waals surface area (Å²) >= 11 is 0. The lowest BCUT2D eigenvalue weighted by Crippen LogP contribution is -2.35. The highest BCUT2D eigenvalue weighted by Crippen LogP contribution is 2.38. The predicted molar refractivity (Wildman–Crippen MR) is 81.5 cm³/mol. The molecule has 0 spiro atoms. The third-order valence-corrected chi connectivity index (χ3v) is 4.35. The number of hydrogen-bond donors (Lipinski definition) is 0. The van der Waals surface area contributed by atoms with Gasteiger partial charge in [-0.05, 0) is 29.0 Å². The third kappa shape index (κ3) is 2.37. The van der Waals surface area contributed by atoms with Crippen molar-refractivity contribution >= 4 is 5.69 Å². The van der Waals surface area contributed by atoms with Crippen LogP contribution in [0.15, 0.2) is 54.6 Å². The minimum absolute atomic E-state index is 0.656. The van der Waals surface area contributed by atoms with Gasteiger partial charge in [-0.2, -0.15) is 0 Å². The Kier molecular flexibility index (Phi) is 3.29. The molecule has 0 saturated heterocycles. The Morgan fingerprint density at radius 1 is 0.947 bits per heavy atom. The number of para-hydroxylation sites is 1. The minimum Gasteiger partial charge on any atom is -0.367 e. The Morgan fingerprint density at radius 3 is 2.42 bits per heavy atom. The van der Waals surface area contributed by atoms with E-state index in [0.29, 0.717) is 11.8 Å². The quantitative estimate of drug-likeness (QED) is 0.762. The van der Waals surface area contributed by atoms with Crippen LogP contribution in [0.25, 0.3) is 0 Å².